The van der Waals surface area contributed by atoms with Crippen molar-refractivity contribution < 1.29 is 23.1 Å². The minimum absolute atomic E-state index is 0.0851. The Morgan fingerprint density at radius 2 is 1.83 bits per heavy atom. The second-order valence-electron chi connectivity index (χ2n) is 5.22. The molecule has 1 atom stereocenters. The molecule has 0 heterocycles. The topological polar surface area (TPSA) is 61.4 Å². The Morgan fingerprint density at radius 3 is 2.22 bits per heavy atom. The van der Waals surface area contributed by atoms with Gasteiger partial charge in [0.2, 0.25) is 5.91 Å². The van der Waals surface area contributed by atoms with Crippen LogP contribution in [0, 0.1) is 5.41 Å². The Hall–Kier alpha value is -0.820. The summed E-state index contributed by atoms with van der Waals surface area (Å²) in [6.07, 6.45) is -3.96. The molecule has 0 aliphatic rings. The van der Waals surface area contributed by atoms with E-state index in [1.165, 1.54) is 0 Å². The highest BCUT2D eigenvalue weighted by Crippen LogP contribution is 2.21. The van der Waals surface area contributed by atoms with E-state index in [0.29, 0.717) is 6.42 Å². The van der Waals surface area contributed by atoms with Crippen molar-refractivity contribution in [3.05, 3.63) is 0 Å². The number of alkyl halides is 3. The summed E-state index contributed by atoms with van der Waals surface area (Å²) in [5.74, 6) is -0.507. The van der Waals surface area contributed by atoms with Gasteiger partial charge >= 0.3 is 6.18 Å². The minimum atomic E-state index is -4.32. The van der Waals surface area contributed by atoms with Gasteiger partial charge in [-0.05, 0) is 11.8 Å². The van der Waals surface area contributed by atoms with E-state index in [1.54, 1.807) is 0 Å². The number of aliphatic hydroxyl groups excluding tert-OH is 1. The molecule has 18 heavy (non-hydrogen) atoms. The van der Waals surface area contributed by atoms with Gasteiger partial charge in [0, 0.05) is 12.6 Å². The predicted molar refractivity (Wildman–Crippen MR) is 62.0 cm³/mol. The Bertz CT molecular complexity index is 262. The molecule has 0 fully saturated rings. The highest BCUT2D eigenvalue weighted by atomic mass is 19.4. The first-order chi connectivity index (χ1) is 8.06. The van der Waals surface area contributed by atoms with E-state index in [4.69, 9.17) is 5.11 Å². The second kappa shape index (κ2) is 6.94. The number of carbonyl (C=O) groups is 1. The summed E-state index contributed by atoms with van der Waals surface area (Å²) in [5.41, 5.74) is -0.261. The standard InChI is InChI=1S/C11H21F3N2O2/c1-10(2,3)8(4-5-17)16-9(18)6-15-7-11(12,13)14/h8,15,17H,4-7H2,1-3H3,(H,16,18). The monoisotopic (exact) mass is 270 g/mol. The molecule has 0 bridgehead atoms. The zero-order chi connectivity index (χ0) is 14.4. The molecule has 0 saturated carbocycles. The number of carbonyl (C=O) groups excluding carboxylic acids is 1. The van der Waals surface area contributed by atoms with Gasteiger partial charge in [-0.25, -0.2) is 0 Å². The Morgan fingerprint density at radius 1 is 1.28 bits per heavy atom. The average Bonchev–Trinajstić information content (AvgIpc) is 2.13. The van der Waals surface area contributed by atoms with Gasteiger partial charge < -0.3 is 15.7 Å². The van der Waals surface area contributed by atoms with Gasteiger partial charge in [0.15, 0.2) is 0 Å². The lowest BCUT2D eigenvalue weighted by molar-refractivity contribution is -0.129. The molecule has 7 heteroatoms. The molecular formula is C11H21F3N2O2. The van der Waals surface area contributed by atoms with Gasteiger partial charge in [0.1, 0.15) is 0 Å². The summed E-state index contributed by atoms with van der Waals surface area (Å²) in [6, 6.07) is -0.275. The van der Waals surface area contributed by atoms with Crippen molar-refractivity contribution in [1.29, 1.82) is 0 Å². The van der Waals surface area contributed by atoms with Crippen LogP contribution in [0.1, 0.15) is 27.2 Å². The van der Waals surface area contributed by atoms with Gasteiger partial charge in [0.25, 0.3) is 0 Å². The van der Waals surface area contributed by atoms with Crippen molar-refractivity contribution >= 4 is 5.91 Å². The van der Waals surface area contributed by atoms with Crippen LogP contribution in [0.3, 0.4) is 0 Å². The normalized spacial score (nSPS) is 14.4. The Labute approximate surface area is 105 Å². The predicted octanol–water partition coefficient (Wildman–Crippen LogP) is 1.05. The maximum Gasteiger partial charge on any atom is 0.401 e. The van der Waals surface area contributed by atoms with Crippen molar-refractivity contribution in [3.63, 3.8) is 0 Å². The fourth-order valence-electron chi connectivity index (χ4n) is 1.41. The highest BCUT2D eigenvalue weighted by molar-refractivity contribution is 5.78. The molecule has 0 aliphatic heterocycles. The lowest BCUT2D eigenvalue weighted by Gasteiger charge is -2.31. The largest absolute Gasteiger partial charge is 0.401 e. The van der Waals surface area contributed by atoms with Crippen LogP contribution >= 0.6 is 0 Å². The second-order valence-corrected chi connectivity index (χ2v) is 5.22. The van der Waals surface area contributed by atoms with Crippen LogP contribution in [-0.2, 0) is 4.79 Å². The van der Waals surface area contributed by atoms with E-state index in [2.05, 4.69) is 5.32 Å². The summed E-state index contributed by atoms with van der Waals surface area (Å²) >= 11 is 0. The average molecular weight is 270 g/mol. The first-order valence-electron chi connectivity index (χ1n) is 5.74. The lowest BCUT2D eigenvalue weighted by atomic mass is 9.85. The van der Waals surface area contributed by atoms with E-state index in [0.717, 1.165) is 0 Å². The zero-order valence-corrected chi connectivity index (χ0v) is 10.9. The van der Waals surface area contributed by atoms with Crippen molar-refractivity contribution in [2.24, 2.45) is 5.41 Å². The molecule has 0 aromatic heterocycles. The Balaban J connectivity index is 4.11. The van der Waals surface area contributed by atoms with E-state index < -0.39 is 25.2 Å². The number of nitrogens with one attached hydrogen (secondary N) is 2. The SMILES string of the molecule is CC(C)(C)C(CCO)NC(=O)CNCC(F)(F)F. The Kier molecular flexibility index (Phi) is 6.62. The minimum Gasteiger partial charge on any atom is -0.396 e. The number of amides is 1. The van der Waals surface area contributed by atoms with Crippen LogP contribution < -0.4 is 10.6 Å². The molecule has 0 aromatic carbocycles. The van der Waals surface area contributed by atoms with E-state index in [9.17, 15) is 18.0 Å². The quantitative estimate of drug-likeness (QED) is 0.676. The third-order valence-corrected chi connectivity index (χ3v) is 2.41. The molecule has 3 N–H and O–H groups in total. The fraction of sp³-hybridized carbons (Fsp3) is 0.909. The third kappa shape index (κ3) is 8.30. The smallest absolute Gasteiger partial charge is 0.396 e. The summed E-state index contributed by atoms with van der Waals surface area (Å²) in [5, 5.41) is 13.5. The van der Waals surface area contributed by atoms with Crippen LogP contribution in [0.4, 0.5) is 13.2 Å². The molecule has 0 radical (unpaired) electrons. The first-order valence-corrected chi connectivity index (χ1v) is 5.74. The molecule has 0 spiro atoms. The molecule has 4 nitrogen and oxygen atoms in total. The van der Waals surface area contributed by atoms with Gasteiger partial charge in [-0.1, -0.05) is 20.8 Å². The van der Waals surface area contributed by atoms with Gasteiger partial charge in [-0.2, -0.15) is 13.2 Å². The summed E-state index contributed by atoms with van der Waals surface area (Å²) in [6.45, 7) is 3.99. The number of hydrogen-bond donors (Lipinski definition) is 3. The maximum absolute atomic E-state index is 11.9. The molecule has 1 amide bonds. The third-order valence-electron chi connectivity index (χ3n) is 2.41. The number of aliphatic hydroxyl groups is 1. The lowest BCUT2D eigenvalue weighted by Crippen LogP contribution is -2.48. The molecule has 0 aliphatic carbocycles. The van der Waals surface area contributed by atoms with Crippen molar-refractivity contribution in [1.82, 2.24) is 10.6 Å². The molecule has 108 valence electrons. The number of halogens is 3. The molecule has 0 rings (SSSR count). The van der Waals surface area contributed by atoms with Gasteiger partial charge in [-0.3, -0.25) is 4.79 Å². The summed E-state index contributed by atoms with van der Waals surface area (Å²) in [4.78, 5) is 11.4. The van der Waals surface area contributed by atoms with Gasteiger partial charge in [0.05, 0.1) is 13.1 Å². The summed E-state index contributed by atoms with van der Waals surface area (Å²) < 4.78 is 35.6. The van der Waals surface area contributed by atoms with Crippen molar-refractivity contribution in [2.45, 2.75) is 39.4 Å². The van der Waals surface area contributed by atoms with E-state index in [1.807, 2.05) is 26.1 Å². The zero-order valence-electron chi connectivity index (χ0n) is 10.9. The van der Waals surface area contributed by atoms with Crippen LogP contribution in [0.2, 0.25) is 0 Å². The van der Waals surface area contributed by atoms with Crippen LogP contribution in [-0.4, -0.2) is 42.9 Å². The first kappa shape index (κ1) is 17.2. The molecule has 0 aromatic rings. The van der Waals surface area contributed by atoms with Crippen molar-refractivity contribution in [3.8, 4) is 0 Å². The van der Waals surface area contributed by atoms with Crippen LogP contribution in [0.15, 0.2) is 0 Å². The molecular weight excluding hydrogens is 249 g/mol. The molecule has 1 unspecified atom stereocenters. The number of hydrogen-bond acceptors (Lipinski definition) is 3. The van der Waals surface area contributed by atoms with Gasteiger partial charge in [-0.15, -0.1) is 0 Å². The van der Waals surface area contributed by atoms with Crippen LogP contribution in [0.5, 0.6) is 0 Å². The highest BCUT2D eigenvalue weighted by Gasteiger charge is 2.28. The van der Waals surface area contributed by atoms with E-state index >= 15 is 0 Å². The number of rotatable bonds is 6. The van der Waals surface area contributed by atoms with Crippen molar-refractivity contribution in [2.75, 3.05) is 19.7 Å². The fourth-order valence-corrected chi connectivity index (χ4v) is 1.41. The summed E-state index contributed by atoms with van der Waals surface area (Å²) in [7, 11) is 0. The molecule has 0 saturated heterocycles. The maximum atomic E-state index is 11.9. The van der Waals surface area contributed by atoms with E-state index in [-0.39, 0.29) is 18.1 Å². The van der Waals surface area contributed by atoms with Crippen LogP contribution in [0.25, 0.3) is 0 Å².